The average Bonchev–Trinajstić information content (AvgIpc) is 4.16. The molecular weight excluding hydrogens is 859 g/mol. The number of fused-ring (bicyclic) bond motifs is 4. The van der Waals surface area contributed by atoms with Crippen LogP contribution < -0.4 is 20.9 Å². The van der Waals surface area contributed by atoms with E-state index in [-0.39, 0.29) is 59.5 Å². The van der Waals surface area contributed by atoms with E-state index in [1.165, 1.54) is 16.9 Å². The van der Waals surface area contributed by atoms with Gasteiger partial charge in [0.15, 0.2) is 11.3 Å². The van der Waals surface area contributed by atoms with E-state index in [0.717, 1.165) is 82.0 Å². The lowest BCUT2D eigenvalue weighted by Crippen LogP contribution is -2.54. The second-order valence-electron chi connectivity index (χ2n) is 18.4. The molecule has 5 fully saturated rings. The SMILES string of the molecule is CN(CCCN1CCO[C@@H](CNc2cccc3c2C(=O)N(C2CCC(=O)NC2=O)C3=O)C1)CC1CCC(n2cc(NC(=O)c3cnn4ccc(N5C[C@H]6C[C@@H]5CO6)nc34)c(C(F)F)n2)CC1. The molecule has 0 radical (unpaired) electrons. The van der Waals surface area contributed by atoms with Gasteiger partial charge in [0.25, 0.3) is 24.1 Å². The lowest BCUT2D eigenvalue weighted by atomic mass is 9.86. The quantitative estimate of drug-likeness (QED) is 0.147. The van der Waals surface area contributed by atoms with Crippen molar-refractivity contribution in [2.24, 2.45) is 5.92 Å². The summed E-state index contributed by atoms with van der Waals surface area (Å²) in [5.41, 5.74) is 1.01. The summed E-state index contributed by atoms with van der Waals surface area (Å²) in [6.07, 6.45) is 7.34. The number of alkyl halides is 2. The number of carbonyl (C=O) groups excluding carboxylic acids is 5. The van der Waals surface area contributed by atoms with E-state index in [0.29, 0.717) is 43.6 Å². The van der Waals surface area contributed by atoms with Crippen LogP contribution in [-0.2, 0) is 19.1 Å². The molecule has 1 aromatic carbocycles. The number of hydrogen-bond donors (Lipinski definition) is 3. The number of morpholine rings is 2. The zero-order valence-corrected chi connectivity index (χ0v) is 36.7. The smallest absolute Gasteiger partial charge is 0.284 e. The summed E-state index contributed by atoms with van der Waals surface area (Å²) in [4.78, 5) is 77.1. The van der Waals surface area contributed by atoms with Gasteiger partial charge in [-0.25, -0.2) is 18.3 Å². The fourth-order valence-electron chi connectivity index (χ4n) is 10.6. The van der Waals surface area contributed by atoms with Crippen molar-refractivity contribution in [3.8, 4) is 0 Å². The van der Waals surface area contributed by atoms with Crippen LogP contribution in [0.2, 0.25) is 0 Å². The zero-order chi connectivity index (χ0) is 45.6. The molecule has 21 heteroatoms. The number of rotatable bonds is 15. The average molecular weight is 913 g/mol. The summed E-state index contributed by atoms with van der Waals surface area (Å²) >= 11 is 0. The second kappa shape index (κ2) is 18.4. The molecule has 8 heterocycles. The minimum atomic E-state index is -2.87. The third kappa shape index (κ3) is 8.75. The van der Waals surface area contributed by atoms with Crippen LogP contribution in [0.5, 0.6) is 0 Å². The second-order valence-corrected chi connectivity index (χ2v) is 18.4. The molecule has 4 atom stereocenters. The van der Waals surface area contributed by atoms with Crippen LogP contribution in [0.15, 0.2) is 42.9 Å². The van der Waals surface area contributed by atoms with Gasteiger partial charge in [-0.2, -0.15) is 10.2 Å². The number of nitrogens with zero attached hydrogens (tertiary/aromatic N) is 9. The molecule has 1 saturated carbocycles. The molecule has 19 nitrogen and oxygen atoms in total. The highest BCUT2D eigenvalue weighted by Gasteiger charge is 2.46. The van der Waals surface area contributed by atoms with E-state index >= 15 is 0 Å². The van der Waals surface area contributed by atoms with Crippen LogP contribution in [0.4, 0.5) is 26.0 Å². The summed E-state index contributed by atoms with van der Waals surface area (Å²) in [6, 6.07) is 6.03. The van der Waals surface area contributed by atoms with Crippen LogP contribution in [0.3, 0.4) is 0 Å². The largest absolute Gasteiger partial charge is 0.382 e. The Balaban J connectivity index is 0.670. The van der Waals surface area contributed by atoms with Crippen LogP contribution in [0.25, 0.3) is 5.65 Å². The normalized spacial score (nSPS) is 25.7. The van der Waals surface area contributed by atoms with Gasteiger partial charge in [-0.15, -0.1) is 0 Å². The van der Waals surface area contributed by atoms with E-state index in [1.54, 1.807) is 29.1 Å². The first-order valence-corrected chi connectivity index (χ1v) is 23.0. The summed E-state index contributed by atoms with van der Waals surface area (Å²) in [5.74, 6) is -1.55. The van der Waals surface area contributed by atoms with Gasteiger partial charge in [0.05, 0.1) is 60.5 Å². The molecule has 5 amide bonds. The van der Waals surface area contributed by atoms with Crippen molar-refractivity contribution in [1.82, 2.24) is 44.4 Å². The van der Waals surface area contributed by atoms with Gasteiger partial charge < -0.3 is 29.9 Å². The number of benzene rings is 1. The number of amides is 5. The fourth-order valence-corrected chi connectivity index (χ4v) is 10.6. The molecule has 6 aliphatic rings. The first-order valence-electron chi connectivity index (χ1n) is 23.0. The highest BCUT2D eigenvalue weighted by atomic mass is 19.3. The maximum atomic E-state index is 14.3. The van der Waals surface area contributed by atoms with Gasteiger partial charge in [0.2, 0.25) is 11.8 Å². The number of aromatic nitrogens is 5. The van der Waals surface area contributed by atoms with Crippen LogP contribution in [0.1, 0.15) is 101 Å². The number of carbonyl (C=O) groups is 5. The van der Waals surface area contributed by atoms with E-state index in [9.17, 15) is 32.8 Å². The molecule has 10 rings (SSSR count). The summed E-state index contributed by atoms with van der Waals surface area (Å²) < 4.78 is 43.5. The Labute approximate surface area is 379 Å². The summed E-state index contributed by atoms with van der Waals surface area (Å²) in [7, 11) is 2.13. The van der Waals surface area contributed by atoms with Crippen molar-refractivity contribution in [1.29, 1.82) is 0 Å². The Kier molecular flexibility index (Phi) is 12.3. The molecule has 4 aromatic rings. The third-order valence-electron chi connectivity index (χ3n) is 14.0. The lowest BCUT2D eigenvalue weighted by molar-refractivity contribution is -0.136. The number of piperidine rings is 1. The summed E-state index contributed by atoms with van der Waals surface area (Å²) in [5, 5.41) is 16.8. The van der Waals surface area contributed by atoms with Gasteiger partial charge in [-0.1, -0.05) is 6.07 Å². The highest BCUT2D eigenvalue weighted by molar-refractivity contribution is 6.25. The van der Waals surface area contributed by atoms with Crippen LogP contribution in [-0.4, -0.2) is 159 Å². The lowest BCUT2D eigenvalue weighted by Gasteiger charge is -2.34. The van der Waals surface area contributed by atoms with Gasteiger partial charge in [-0.3, -0.25) is 43.8 Å². The molecule has 2 bridgehead atoms. The van der Waals surface area contributed by atoms with Crippen molar-refractivity contribution in [2.75, 3.05) is 81.6 Å². The molecular formula is C45H54F2N12O7. The van der Waals surface area contributed by atoms with E-state index < -0.39 is 47.7 Å². The summed E-state index contributed by atoms with van der Waals surface area (Å²) in [6.45, 7) is 6.59. The number of nitrogens with one attached hydrogen (secondary N) is 3. The van der Waals surface area contributed by atoms with Crippen molar-refractivity contribution >= 4 is 52.4 Å². The number of hydrogen-bond acceptors (Lipinski definition) is 14. The van der Waals surface area contributed by atoms with Crippen molar-refractivity contribution in [2.45, 2.75) is 88.1 Å². The highest BCUT2D eigenvalue weighted by Crippen LogP contribution is 2.37. The van der Waals surface area contributed by atoms with Crippen LogP contribution in [0, 0.1) is 5.92 Å². The Hall–Kier alpha value is -5.90. The van der Waals surface area contributed by atoms with Crippen molar-refractivity contribution in [3.63, 3.8) is 0 Å². The standard InChI is InChI=1S/C45H54F2N12O7/c1-54(13-3-14-55-16-17-65-30(22-55)19-48-33-5-2-4-31-38(33)45(64)59(44(31)63)35-10-11-37(60)52-43(35)62)21-26-6-8-27(9-7-26)58-24-34(39(53-58)40(46)47)50-42(61)32-20-49-57-15-12-36(51-41(32)57)56-23-29-18-28(56)25-66-29/h2,4-5,12,15,20,24,26-30,35,40,48H,3,6-11,13-14,16-19,21-23,25H2,1H3,(H,50,61)(H,52,60,62)/t26?,27?,28-,29-,30+,35?/m1/s1. The maximum absolute atomic E-state index is 14.3. The number of imide groups is 2. The number of anilines is 3. The molecule has 66 heavy (non-hydrogen) atoms. The topological polar surface area (TPSA) is 201 Å². The number of ether oxygens (including phenoxy) is 2. The first-order chi connectivity index (χ1) is 32.0. The van der Waals surface area contributed by atoms with Gasteiger partial charge >= 0.3 is 0 Å². The molecule has 1 aliphatic carbocycles. The Morgan fingerprint density at radius 3 is 2.64 bits per heavy atom. The molecule has 350 valence electrons. The van der Waals surface area contributed by atoms with Gasteiger partial charge in [0.1, 0.15) is 17.4 Å². The predicted octanol–water partition coefficient (Wildman–Crippen LogP) is 3.36. The molecule has 0 spiro atoms. The van der Waals surface area contributed by atoms with Crippen molar-refractivity contribution in [3.05, 3.63) is 65.2 Å². The molecule has 3 N–H and O–H groups in total. The van der Waals surface area contributed by atoms with Crippen LogP contribution >= 0.6 is 0 Å². The molecule has 5 aliphatic heterocycles. The maximum Gasteiger partial charge on any atom is 0.284 e. The van der Waals surface area contributed by atoms with E-state index in [2.05, 4.69) is 47.9 Å². The Morgan fingerprint density at radius 1 is 1.02 bits per heavy atom. The Morgan fingerprint density at radius 2 is 1.86 bits per heavy atom. The minimum absolute atomic E-state index is 0.0159. The molecule has 4 saturated heterocycles. The first kappa shape index (κ1) is 44.0. The predicted molar refractivity (Wildman–Crippen MR) is 235 cm³/mol. The zero-order valence-electron chi connectivity index (χ0n) is 36.7. The van der Waals surface area contributed by atoms with Crippen molar-refractivity contribution < 1.29 is 42.2 Å². The van der Waals surface area contributed by atoms with Gasteiger partial charge in [0, 0.05) is 57.2 Å². The third-order valence-corrected chi connectivity index (χ3v) is 14.0. The minimum Gasteiger partial charge on any atom is -0.382 e. The van der Waals surface area contributed by atoms with E-state index in [4.69, 9.17) is 14.5 Å². The number of halogens is 2. The fraction of sp³-hybridized carbons (Fsp3) is 0.556. The molecule has 1 unspecified atom stereocenters. The molecule has 3 aromatic heterocycles. The Bertz CT molecular complexity index is 2530. The monoisotopic (exact) mass is 912 g/mol. The van der Waals surface area contributed by atoms with E-state index in [1.807, 2.05) is 6.07 Å². The van der Waals surface area contributed by atoms with Gasteiger partial charge in [-0.05, 0) is 89.2 Å².